The van der Waals surface area contributed by atoms with Crippen molar-refractivity contribution >= 4 is 27.7 Å². The summed E-state index contributed by atoms with van der Waals surface area (Å²) in [4.78, 5) is 21.3. The van der Waals surface area contributed by atoms with Crippen LogP contribution in [0, 0.1) is 0 Å². The number of para-hydroxylation sites is 1. The largest absolute Gasteiger partial charge is 0.497 e. The molecule has 2 N–H and O–H groups in total. The highest BCUT2D eigenvalue weighted by Crippen LogP contribution is 2.38. The van der Waals surface area contributed by atoms with E-state index in [1.54, 1.807) is 14.2 Å². The molecule has 5 rings (SSSR count). The van der Waals surface area contributed by atoms with Gasteiger partial charge in [-0.3, -0.25) is 4.79 Å². The van der Waals surface area contributed by atoms with Gasteiger partial charge in [-0.25, -0.2) is 4.98 Å². The Morgan fingerprint density at radius 1 is 1.16 bits per heavy atom. The zero-order valence-electron chi connectivity index (χ0n) is 18.1. The molecule has 1 fully saturated rings. The van der Waals surface area contributed by atoms with Crippen LogP contribution >= 0.6 is 0 Å². The molecular weight excluding hydrogens is 406 g/mol. The van der Waals surface area contributed by atoms with E-state index in [9.17, 15) is 4.79 Å². The van der Waals surface area contributed by atoms with Gasteiger partial charge in [0, 0.05) is 41.1 Å². The van der Waals surface area contributed by atoms with E-state index in [-0.39, 0.29) is 12.0 Å². The van der Waals surface area contributed by atoms with Gasteiger partial charge >= 0.3 is 0 Å². The monoisotopic (exact) mass is 431 g/mol. The Morgan fingerprint density at radius 2 is 2.03 bits per heavy atom. The Balaban J connectivity index is 1.64. The maximum atomic E-state index is 13.1. The number of hydrogen-bond acceptors (Lipinski definition) is 5. The lowest BCUT2D eigenvalue weighted by atomic mass is 10.0. The van der Waals surface area contributed by atoms with Crippen molar-refractivity contribution in [1.29, 1.82) is 0 Å². The van der Waals surface area contributed by atoms with Crippen molar-refractivity contribution in [2.75, 3.05) is 27.4 Å². The van der Waals surface area contributed by atoms with E-state index in [4.69, 9.17) is 19.2 Å². The van der Waals surface area contributed by atoms with E-state index in [1.807, 2.05) is 48.5 Å². The smallest absolute Gasteiger partial charge is 0.270 e. The Hall–Kier alpha value is -3.58. The SMILES string of the molecule is COc1ccc(-c2nc(C(=O)NCC3CCCO3)cc3c2[nH]c2ccccc23)c(OC)c1. The molecule has 0 saturated carbocycles. The number of amides is 1. The molecule has 32 heavy (non-hydrogen) atoms. The van der Waals surface area contributed by atoms with Crippen LogP contribution in [0.25, 0.3) is 33.1 Å². The molecule has 1 aliphatic heterocycles. The highest BCUT2D eigenvalue weighted by atomic mass is 16.5. The van der Waals surface area contributed by atoms with E-state index in [2.05, 4.69) is 10.3 Å². The van der Waals surface area contributed by atoms with Gasteiger partial charge in [0.05, 0.1) is 31.5 Å². The molecule has 1 saturated heterocycles. The summed E-state index contributed by atoms with van der Waals surface area (Å²) >= 11 is 0. The third-order valence-corrected chi connectivity index (χ3v) is 5.91. The number of carbonyl (C=O) groups excluding carboxylic acids is 1. The normalized spacial score (nSPS) is 15.9. The van der Waals surface area contributed by atoms with Crippen LogP contribution in [0.15, 0.2) is 48.5 Å². The van der Waals surface area contributed by atoms with Crippen molar-refractivity contribution < 1.29 is 19.0 Å². The van der Waals surface area contributed by atoms with Gasteiger partial charge in [0.2, 0.25) is 0 Å². The summed E-state index contributed by atoms with van der Waals surface area (Å²) in [5.74, 6) is 1.08. The lowest BCUT2D eigenvalue weighted by Gasteiger charge is -2.13. The first-order chi connectivity index (χ1) is 15.7. The second-order valence-corrected chi connectivity index (χ2v) is 7.86. The van der Waals surface area contributed by atoms with Crippen LogP contribution in [-0.2, 0) is 4.74 Å². The fraction of sp³-hybridized carbons (Fsp3) is 0.280. The van der Waals surface area contributed by atoms with Crippen molar-refractivity contribution in [3.8, 4) is 22.8 Å². The fourth-order valence-electron chi connectivity index (χ4n) is 4.25. The summed E-state index contributed by atoms with van der Waals surface area (Å²) in [5, 5.41) is 4.95. The number of carbonyl (C=O) groups is 1. The zero-order chi connectivity index (χ0) is 22.1. The van der Waals surface area contributed by atoms with Crippen LogP contribution in [0.4, 0.5) is 0 Å². The Kier molecular flexibility index (Phi) is 5.41. The lowest BCUT2D eigenvalue weighted by molar-refractivity contribution is 0.0854. The quantitative estimate of drug-likeness (QED) is 0.475. The van der Waals surface area contributed by atoms with Crippen molar-refractivity contribution in [1.82, 2.24) is 15.3 Å². The maximum Gasteiger partial charge on any atom is 0.270 e. The average molecular weight is 431 g/mol. The van der Waals surface area contributed by atoms with Crippen LogP contribution < -0.4 is 14.8 Å². The first-order valence-electron chi connectivity index (χ1n) is 10.7. The highest BCUT2D eigenvalue weighted by Gasteiger charge is 2.21. The molecule has 2 aromatic heterocycles. The van der Waals surface area contributed by atoms with Crippen LogP contribution in [0.2, 0.25) is 0 Å². The molecule has 164 valence electrons. The van der Waals surface area contributed by atoms with Crippen LogP contribution in [0.1, 0.15) is 23.3 Å². The van der Waals surface area contributed by atoms with Gasteiger partial charge < -0.3 is 24.5 Å². The van der Waals surface area contributed by atoms with Gasteiger partial charge in [-0.1, -0.05) is 18.2 Å². The molecule has 0 radical (unpaired) electrons. The van der Waals surface area contributed by atoms with E-state index < -0.39 is 0 Å². The number of nitrogens with zero attached hydrogens (tertiary/aromatic N) is 1. The molecular formula is C25H25N3O4. The molecule has 7 nitrogen and oxygen atoms in total. The number of pyridine rings is 1. The predicted molar refractivity (Wildman–Crippen MR) is 123 cm³/mol. The van der Waals surface area contributed by atoms with Crippen molar-refractivity contribution in [2.45, 2.75) is 18.9 Å². The number of benzene rings is 2. The Morgan fingerprint density at radius 3 is 2.81 bits per heavy atom. The van der Waals surface area contributed by atoms with Crippen LogP contribution in [0.5, 0.6) is 11.5 Å². The number of ether oxygens (including phenoxy) is 3. The molecule has 3 heterocycles. The standard InChI is InChI=1S/C25H25N3O4/c1-30-15-9-10-18(22(12-15)31-2)23-24-19(17-7-3-4-8-20(17)27-24)13-21(28-23)25(29)26-14-16-6-5-11-32-16/h3-4,7-10,12-13,16,27H,5-6,11,14H2,1-2H3,(H,26,29). The zero-order valence-corrected chi connectivity index (χ0v) is 18.1. The van der Waals surface area contributed by atoms with E-state index in [1.165, 1.54) is 0 Å². The van der Waals surface area contributed by atoms with Gasteiger partial charge in [0.25, 0.3) is 5.91 Å². The molecule has 1 aliphatic rings. The number of H-pyrrole nitrogens is 1. The summed E-state index contributed by atoms with van der Waals surface area (Å²) in [7, 11) is 3.22. The van der Waals surface area contributed by atoms with Gasteiger partial charge in [-0.15, -0.1) is 0 Å². The van der Waals surface area contributed by atoms with E-state index >= 15 is 0 Å². The molecule has 1 atom stereocenters. The number of aromatic nitrogens is 2. The summed E-state index contributed by atoms with van der Waals surface area (Å²) in [5.41, 5.74) is 3.62. The third kappa shape index (κ3) is 3.65. The van der Waals surface area contributed by atoms with Gasteiger partial charge in [-0.05, 0) is 37.1 Å². The summed E-state index contributed by atoms with van der Waals surface area (Å²) < 4.78 is 16.6. The third-order valence-electron chi connectivity index (χ3n) is 5.91. The van der Waals surface area contributed by atoms with Gasteiger partial charge in [0.15, 0.2) is 0 Å². The molecule has 1 amide bonds. The topological polar surface area (TPSA) is 85.5 Å². The molecule has 1 unspecified atom stereocenters. The molecule has 0 bridgehead atoms. The summed E-state index contributed by atoms with van der Waals surface area (Å²) in [6.07, 6.45) is 2.06. The highest BCUT2D eigenvalue weighted by molar-refractivity contribution is 6.13. The number of hydrogen-bond donors (Lipinski definition) is 2. The average Bonchev–Trinajstić information content (AvgIpc) is 3.49. The second-order valence-electron chi connectivity index (χ2n) is 7.86. The number of nitrogens with one attached hydrogen (secondary N) is 2. The molecule has 4 aromatic rings. The van der Waals surface area contributed by atoms with Crippen LogP contribution in [-0.4, -0.2) is 49.4 Å². The number of fused-ring (bicyclic) bond motifs is 3. The summed E-state index contributed by atoms with van der Waals surface area (Å²) in [6.45, 7) is 1.23. The first kappa shape index (κ1) is 20.3. The number of rotatable bonds is 6. The second kappa shape index (κ2) is 8.51. The van der Waals surface area contributed by atoms with Gasteiger partial charge in [-0.2, -0.15) is 0 Å². The Bertz CT molecular complexity index is 1290. The number of aromatic amines is 1. The molecule has 0 spiro atoms. The lowest BCUT2D eigenvalue weighted by Crippen LogP contribution is -2.32. The van der Waals surface area contributed by atoms with Crippen molar-refractivity contribution in [2.24, 2.45) is 0 Å². The minimum Gasteiger partial charge on any atom is -0.497 e. The Labute approximate surface area is 185 Å². The minimum atomic E-state index is -0.221. The van der Waals surface area contributed by atoms with E-state index in [0.29, 0.717) is 29.4 Å². The van der Waals surface area contributed by atoms with Crippen LogP contribution in [0.3, 0.4) is 0 Å². The van der Waals surface area contributed by atoms with E-state index in [0.717, 1.165) is 46.8 Å². The molecule has 0 aliphatic carbocycles. The molecule has 2 aromatic carbocycles. The minimum absolute atomic E-state index is 0.0666. The van der Waals surface area contributed by atoms with Gasteiger partial charge in [0.1, 0.15) is 17.2 Å². The van der Waals surface area contributed by atoms with Crippen molar-refractivity contribution in [3.63, 3.8) is 0 Å². The fourth-order valence-corrected chi connectivity index (χ4v) is 4.25. The molecule has 7 heteroatoms. The maximum absolute atomic E-state index is 13.1. The number of methoxy groups -OCH3 is 2. The summed E-state index contributed by atoms with van der Waals surface area (Å²) in [6, 6.07) is 15.4. The first-order valence-corrected chi connectivity index (χ1v) is 10.7. The van der Waals surface area contributed by atoms with Crippen molar-refractivity contribution in [3.05, 3.63) is 54.2 Å². The predicted octanol–water partition coefficient (Wildman–Crippen LogP) is 4.31.